The van der Waals surface area contributed by atoms with E-state index in [0.717, 1.165) is 17.7 Å². The van der Waals surface area contributed by atoms with E-state index in [1.165, 1.54) is 0 Å². The lowest BCUT2D eigenvalue weighted by Gasteiger charge is -2.27. The van der Waals surface area contributed by atoms with Gasteiger partial charge < -0.3 is 19.7 Å². The molecule has 4 nitrogen and oxygen atoms in total. The van der Waals surface area contributed by atoms with Gasteiger partial charge in [-0.2, -0.15) is 0 Å². The zero-order valence-electron chi connectivity index (χ0n) is 12.7. The maximum atomic E-state index is 9.94. The average molecular weight is 300 g/mol. The topological polar surface area (TPSA) is 62.2 Å². The third kappa shape index (κ3) is 3.02. The highest BCUT2D eigenvalue weighted by Gasteiger charge is 2.26. The van der Waals surface area contributed by atoms with E-state index in [4.69, 9.17) is 9.47 Å². The summed E-state index contributed by atoms with van der Waals surface area (Å²) in [5, 5.41) is 19.4. The first kappa shape index (κ1) is 14.7. The van der Waals surface area contributed by atoms with Crippen LogP contribution in [-0.4, -0.2) is 29.5 Å². The Hall–Kier alpha value is -2.20. The summed E-state index contributed by atoms with van der Waals surface area (Å²) in [6.45, 7) is 5.37. The summed E-state index contributed by atoms with van der Waals surface area (Å²) in [6, 6.07) is 12.6. The highest BCUT2D eigenvalue weighted by molar-refractivity contribution is 5.48. The molecule has 2 aromatic carbocycles. The highest BCUT2D eigenvalue weighted by atomic mass is 16.6. The van der Waals surface area contributed by atoms with Gasteiger partial charge in [-0.05, 0) is 35.4 Å². The summed E-state index contributed by atoms with van der Waals surface area (Å²) in [5.74, 6) is 0.851. The lowest BCUT2D eigenvalue weighted by Crippen LogP contribution is -2.19. The predicted molar refractivity (Wildman–Crippen MR) is 83.6 cm³/mol. The Labute approximate surface area is 129 Å². The number of phenolic OH excluding ortho intramolecular Hbond substituents is 2. The molecule has 116 valence electrons. The second-order valence-electron chi connectivity index (χ2n) is 6.12. The Balaban J connectivity index is 1.88. The molecule has 0 bridgehead atoms. The van der Waals surface area contributed by atoms with Gasteiger partial charge in [0.2, 0.25) is 0 Å². The van der Waals surface area contributed by atoms with Crippen molar-refractivity contribution in [2.75, 3.05) is 13.2 Å². The molecule has 22 heavy (non-hydrogen) atoms. The van der Waals surface area contributed by atoms with E-state index in [1.54, 1.807) is 18.2 Å². The van der Waals surface area contributed by atoms with Gasteiger partial charge in [0.15, 0.2) is 11.5 Å². The van der Waals surface area contributed by atoms with Crippen LogP contribution < -0.4 is 4.74 Å². The molecule has 2 aromatic rings. The molecule has 1 atom stereocenters. The molecule has 1 unspecified atom stereocenters. The third-order valence-electron chi connectivity index (χ3n) is 4.10. The quantitative estimate of drug-likeness (QED) is 0.832. The van der Waals surface area contributed by atoms with Gasteiger partial charge in [0, 0.05) is 5.41 Å². The van der Waals surface area contributed by atoms with Crippen LogP contribution >= 0.6 is 0 Å². The fourth-order valence-electron chi connectivity index (χ4n) is 2.41. The van der Waals surface area contributed by atoms with Crippen LogP contribution in [0.1, 0.15) is 25.0 Å². The van der Waals surface area contributed by atoms with Gasteiger partial charge in [-0.25, -0.2) is 0 Å². The molecule has 0 aliphatic carbocycles. The Morgan fingerprint density at radius 1 is 1.09 bits per heavy atom. The zero-order valence-corrected chi connectivity index (χ0v) is 12.7. The number of aromatic hydroxyl groups is 2. The fraction of sp³-hybridized carbons (Fsp3) is 0.333. The molecular weight excluding hydrogens is 280 g/mol. The predicted octanol–water partition coefficient (Wildman–Crippen LogP) is 3.20. The number of hydrogen-bond donors (Lipinski definition) is 2. The third-order valence-corrected chi connectivity index (χ3v) is 4.10. The van der Waals surface area contributed by atoms with Crippen molar-refractivity contribution in [2.24, 2.45) is 0 Å². The number of ether oxygens (including phenoxy) is 2. The lowest BCUT2D eigenvalue weighted by atomic mass is 9.78. The molecule has 1 aliphatic rings. The van der Waals surface area contributed by atoms with Crippen LogP contribution in [0.5, 0.6) is 17.2 Å². The minimum absolute atomic E-state index is 0.130. The Morgan fingerprint density at radius 2 is 1.73 bits per heavy atom. The van der Waals surface area contributed by atoms with Crippen molar-refractivity contribution in [1.29, 1.82) is 0 Å². The molecule has 1 heterocycles. The van der Waals surface area contributed by atoms with Crippen LogP contribution in [0.3, 0.4) is 0 Å². The molecule has 0 saturated carbocycles. The standard InChI is InChI=1S/C18H20O4/c1-18(2,12-3-6-14(19)7-4-12)13-5-8-16(20)17(9-13)22-11-15-10-21-15/h3-9,15,19-20H,10-11H2,1-2H3. The molecule has 1 saturated heterocycles. The summed E-state index contributed by atoms with van der Waals surface area (Å²) in [7, 11) is 0. The molecule has 1 fully saturated rings. The molecule has 0 radical (unpaired) electrons. The normalized spacial score (nSPS) is 17.3. The summed E-state index contributed by atoms with van der Waals surface area (Å²) in [6.07, 6.45) is 0.146. The number of hydrogen-bond acceptors (Lipinski definition) is 4. The number of benzene rings is 2. The van der Waals surface area contributed by atoms with Crippen molar-refractivity contribution in [3.05, 3.63) is 53.6 Å². The zero-order chi connectivity index (χ0) is 15.7. The lowest BCUT2D eigenvalue weighted by molar-refractivity contribution is 0.253. The fourth-order valence-corrected chi connectivity index (χ4v) is 2.41. The minimum atomic E-state index is -0.268. The Bertz CT molecular complexity index is 657. The number of phenols is 2. The average Bonchev–Trinajstić information content (AvgIpc) is 3.31. The molecular formula is C18H20O4. The van der Waals surface area contributed by atoms with Crippen molar-refractivity contribution >= 4 is 0 Å². The smallest absolute Gasteiger partial charge is 0.161 e. The SMILES string of the molecule is CC(C)(c1ccc(O)cc1)c1ccc(O)c(OCC2CO2)c1. The number of epoxide rings is 1. The van der Waals surface area contributed by atoms with Crippen molar-refractivity contribution in [1.82, 2.24) is 0 Å². The second kappa shape index (κ2) is 5.54. The summed E-state index contributed by atoms with van der Waals surface area (Å²) in [5.41, 5.74) is 1.84. The van der Waals surface area contributed by atoms with Gasteiger partial charge in [0.1, 0.15) is 18.5 Å². The molecule has 0 aromatic heterocycles. The van der Waals surface area contributed by atoms with Crippen LogP contribution in [0.4, 0.5) is 0 Å². The van der Waals surface area contributed by atoms with Crippen LogP contribution in [-0.2, 0) is 10.2 Å². The summed E-state index contributed by atoms with van der Waals surface area (Å²) < 4.78 is 10.8. The van der Waals surface area contributed by atoms with Crippen LogP contribution in [0.15, 0.2) is 42.5 Å². The van der Waals surface area contributed by atoms with E-state index >= 15 is 0 Å². The molecule has 0 spiro atoms. The van der Waals surface area contributed by atoms with Crippen molar-refractivity contribution in [3.8, 4) is 17.2 Å². The van der Waals surface area contributed by atoms with E-state index in [2.05, 4.69) is 13.8 Å². The first-order chi connectivity index (χ1) is 10.5. The highest BCUT2D eigenvalue weighted by Crippen LogP contribution is 2.37. The van der Waals surface area contributed by atoms with Gasteiger partial charge in [-0.1, -0.05) is 32.0 Å². The Morgan fingerprint density at radius 3 is 2.36 bits per heavy atom. The monoisotopic (exact) mass is 300 g/mol. The molecule has 2 N–H and O–H groups in total. The van der Waals surface area contributed by atoms with E-state index in [0.29, 0.717) is 12.4 Å². The largest absolute Gasteiger partial charge is 0.508 e. The van der Waals surface area contributed by atoms with Gasteiger partial charge >= 0.3 is 0 Å². The van der Waals surface area contributed by atoms with Crippen LogP contribution in [0.25, 0.3) is 0 Å². The van der Waals surface area contributed by atoms with Crippen molar-refractivity contribution in [2.45, 2.75) is 25.4 Å². The molecule has 0 amide bonds. The first-order valence-electron chi connectivity index (χ1n) is 7.34. The minimum Gasteiger partial charge on any atom is -0.508 e. The van der Waals surface area contributed by atoms with Gasteiger partial charge in [-0.3, -0.25) is 0 Å². The van der Waals surface area contributed by atoms with Crippen LogP contribution in [0, 0.1) is 0 Å². The second-order valence-corrected chi connectivity index (χ2v) is 6.12. The van der Waals surface area contributed by atoms with E-state index in [-0.39, 0.29) is 23.0 Å². The maximum Gasteiger partial charge on any atom is 0.161 e. The summed E-state index contributed by atoms with van der Waals surface area (Å²) >= 11 is 0. The molecule has 4 heteroatoms. The van der Waals surface area contributed by atoms with E-state index in [9.17, 15) is 10.2 Å². The van der Waals surface area contributed by atoms with E-state index < -0.39 is 0 Å². The van der Waals surface area contributed by atoms with Crippen molar-refractivity contribution < 1.29 is 19.7 Å². The maximum absolute atomic E-state index is 9.94. The van der Waals surface area contributed by atoms with Gasteiger partial charge in [0.25, 0.3) is 0 Å². The molecule has 3 rings (SSSR count). The number of rotatable bonds is 5. The molecule has 1 aliphatic heterocycles. The van der Waals surface area contributed by atoms with E-state index in [1.807, 2.05) is 24.3 Å². The first-order valence-corrected chi connectivity index (χ1v) is 7.34. The van der Waals surface area contributed by atoms with Crippen molar-refractivity contribution in [3.63, 3.8) is 0 Å². The van der Waals surface area contributed by atoms with Gasteiger partial charge in [0.05, 0.1) is 6.61 Å². The van der Waals surface area contributed by atoms with Crippen LogP contribution in [0.2, 0.25) is 0 Å². The van der Waals surface area contributed by atoms with Gasteiger partial charge in [-0.15, -0.1) is 0 Å². The summed E-state index contributed by atoms with van der Waals surface area (Å²) in [4.78, 5) is 0. The Kier molecular flexibility index (Phi) is 3.71.